The van der Waals surface area contributed by atoms with Crippen molar-refractivity contribution < 1.29 is 36.9 Å². The van der Waals surface area contributed by atoms with Crippen molar-refractivity contribution >= 4 is 15.8 Å². The van der Waals surface area contributed by atoms with E-state index in [-0.39, 0.29) is 30.4 Å². The molecule has 0 radical (unpaired) electrons. The van der Waals surface area contributed by atoms with Gasteiger partial charge in [0, 0.05) is 18.2 Å². The molecule has 0 fully saturated rings. The molecular formula is C31H34O8S. The van der Waals surface area contributed by atoms with Crippen LogP contribution in [-0.4, -0.2) is 46.2 Å². The van der Waals surface area contributed by atoms with Crippen molar-refractivity contribution in [3.8, 4) is 28.4 Å². The second-order valence-corrected chi connectivity index (χ2v) is 12.6. The molecule has 0 bridgehead atoms. The summed E-state index contributed by atoms with van der Waals surface area (Å²) in [6, 6.07) is 17.9. The fourth-order valence-corrected chi connectivity index (χ4v) is 5.75. The lowest BCUT2D eigenvalue weighted by atomic mass is 9.95. The number of hydrogen-bond donors (Lipinski definition) is 0. The molecule has 2 aliphatic heterocycles. The minimum Gasteiger partial charge on any atom is -0.494 e. The van der Waals surface area contributed by atoms with Gasteiger partial charge >= 0.3 is 5.97 Å². The van der Waals surface area contributed by atoms with E-state index in [0.29, 0.717) is 26.2 Å². The zero-order valence-electron chi connectivity index (χ0n) is 23.0. The van der Waals surface area contributed by atoms with Crippen LogP contribution in [0.15, 0.2) is 54.6 Å². The smallest absolute Gasteiger partial charge is 0.308 e. The zero-order chi connectivity index (χ0) is 28.3. The summed E-state index contributed by atoms with van der Waals surface area (Å²) in [6.45, 7) is 3.20. The van der Waals surface area contributed by atoms with Gasteiger partial charge in [0.15, 0.2) is 0 Å². The van der Waals surface area contributed by atoms with Crippen LogP contribution in [0.25, 0.3) is 11.1 Å². The molecule has 2 aliphatic rings. The Labute approximate surface area is 235 Å². The lowest BCUT2D eigenvalue weighted by Gasteiger charge is -2.14. The van der Waals surface area contributed by atoms with Crippen LogP contribution >= 0.6 is 0 Å². The van der Waals surface area contributed by atoms with Gasteiger partial charge in [-0.25, -0.2) is 8.42 Å². The average Bonchev–Trinajstić information content (AvgIpc) is 3.25. The van der Waals surface area contributed by atoms with Crippen molar-refractivity contribution in [2.45, 2.75) is 51.6 Å². The van der Waals surface area contributed by atoms with Gasteiger partial charge in [0.2, 0.25) is 0 Å². The van der Waals surface area contributed by atoms with E-state index in [1.165, 1.54) is 13.4 Å². The normalized spacial score (nSPS) is 17.6. The number of ether oxygens (including phenoxy) is 5. The fourth-order valence-electron chi connectivity index (χ4n) is 5.11. The highest BCUT2D eigenvalue weighted by molar-refractivity contribution is 7.90. The highest BCUT2D eigenvalue weighted by Crippen LogP contribution is 2.40. The Kier molecular flexibility index (Phi) is 8.32. The number of esters is 1. The number of hydrogen-bond acceptors (Lipinski definition) is 8. The Morgan fingerprint density at radius 2 is 1.75 bits per heavy atom. The minimum absolute atomic E-state index is 0.0146. The van der Waals surface area contributed by atoms with Crippen molar-refractivity contribution in [2.75, 3.05) is 25.7 Å². The molecule has 0 unspecified atom stereocenters. The summed E-state index contributed by atoms with van der Waals surface area (Å²) in [4.78, 5) is 11.7. The molecule has 0 amide bonds. The highest BCUT2D eigenvalue weighted by Gasteiger charge is 2.26. The van der Waals surface area contributed by atoms with Gasteiger partial charge in [0.1, 0.15) is 33.7 Å². The Hall–Kier alpha value is -3.56. The molecule has 3 aromatic rings. The van der Waals surface area contributed by atoms with Gasteiger partial charge in [0.25, 0.3) is 0 Å². The maximum atomic E-state index is 11.7. The third-order valence-corrected chi connectivity index (χ3v) is 8.09. The maximum absolute atomic E-state index is 11.7. The molecule has 2 atom stereocenters. The number of fused-ring (bicyclic) bond motifs is 4. The van der Waals surface area contributed by atoms with Crippen LogP contribution in [0.3, 0.4) is 0 Å². The fraction of sp³-hybridized carbons (Fsp3) is 0.387. The summed E-state index contributed by atoms with van der Waals surface area (Å²) in [5.41, 5.74) is 6.20. The first-order valence-corrected chi connectivity index (χ1v) is 15.4. The summed E-state index contributed by atoms with van der Waals surface area (Å²) < 4.78 is 51.5. The summed E-state index contributed by atoms with van der Waals surface area (Å²) in [5.74, 6) is 2.09. The maximum Gasteiger partial charge on any atom is 0.308 e. The van der Waals surface area contributed by atoms with Crippen LogP contribution in [0.2, 0.25) is 0 Å². The van der Waals surface area contributed by atoms with E-state index in [9.17, 15) is 13.2 Å². The second kappa shape index (κ2) is 11.9. The van der Waals surface area contributed by atoms with Gasteiger partial charge in [-0.3, -0.25) is 4.79 Å². The molecule has 0 aromatic heterocycles. The Balaban J connectivity index is 1.29. The largest absolute Gasteiger partial charge is 0.494 e. The van der Waals surface area contributed by atoms with Crippen LogP contribution in [0.5, 0.6) is 17.2 Å². The first kappa shape index (κ1) is 28.0. The summed E-state index contributed by atoms with van der Waals surface area (Å²) >= 11 is 0. The van der Waals surface area contributed by atoms with E-state index in [0.717, 1.165) is 57.1 Å². The minimum atomic E-state index is -3.00. The lowest BCUT2D eigenvalue weighted by Crippen LogP contribution is -2.13. The first-order valence-electron chi connectivity index (χ1n) is 13.4. The number of methoxy groups -OCH3 is 1. The highest BCUT2D eigenvalue weighted by atomic mass is 32.2. The Morgan fingerprint density at radius 1 is 0.975 bits per heavy atom. The SMILES string of the molecule is COC(=O)C[C@@H]1OCc2cc(OCc3ccc4c(c3)-c3ccc(OCCCS(C)(=O)=O)cc3C[C@@H](C)O4)ccc21. The van der Waals surface area contributed by atoms with Gasteiger partial charge < -0.3 is 23.7 Å². The van der Waals surface area contributed by atoms with Crippen molar-refractivity contribution in [1.82, 2.24) is 0 Å². The van der Waals surface area contributed by atoms with Crippen LogP contribution in [0, 0.1) is 0 Å². The summed E-state index contributed by atoms with van der Waals surface area (Å²) in [5, 5.41) is 0. The van der Waals surface area contributed by atoms with Crippen molar-refractivity contribution in [2.24, 2.45) is 0 Å². The topological polar surface area (TPSA) is 97.4 Å². The van der Waals surface area contributed by atoms with Gasteiger partial charge in [-0.15, -0.1) is 0 Å². The van der Waals surface area contributed by atoms with Crippen LogP contribution in [0.4, 0.5) is 0 Å². The monoisotopic (exact) mass is 566 g/mol. The number of carbonyl (C=O) groups excluding carboxylic acids is 1. The van der Waals surface area contributed by atoms with Gasteiger partial charge in [-0.05, 0) is 77.6 Å². The first-order chi connectivity index (χ1) is 19.2. The quantitative estimate of drug-likeness (QED) is 0.244. The third kappa shape index (κ3) is 6.77. The summed E-state index contributed by atoms with van der Waals surface area (Å²) in [7, 11) is -1.63. The third-order valence-electron chi connectivity index (χ3n) is 7.06. The van der Waals surface area contributed by atoms with E-state index in [2.05, 4.69) is 6.07 Å². The number of carbonyl (C=O) groups is 1. The van der Waals surface area contributed by atoms with Crippen LogP contribution in [0.1, 0.15) is 48.1 Å². The lowest BCUT2D eigenvalue weighted by molar-refractivity contribution is -0.143. The van der Waals surface area contributed by atoms with E-state index in [1.54, 1.807) is 0 Å². The molecule has 5 rings (SSSR count). The van der Waals surface area contributed by atoms with Crippen molar-refractivity contribution in [3.05, 3.63) is 76.9 Å². The van der Waals surface area contributed by atoms with Crippen molar-refractivity contribution in [1.29, 1.82) is 0 Å². The molecule has 212 valence electrons. The molecule has 9 heteroatoms. The predicted molar refractivity (Wildman–Crippen MR) is 150 cm³/mol. The molecule has 0 aliphatic carbocycles. The molecule has 8 nitrogen and oxygen atoms in total. The van der Waals surface area contributed by atoms with Crippen molar-refractivity contribution in [3.63, 3.8) is 0 Å². The van der Waals surface area contributed by atoms with E-state index >= 15 is 0 Å². The van der Waals surface area contributed by atoms with Gasteiger partial charge in [-0.1, -0.05) is 18.2 Å². The molecule has 0 N–H and O–H groups in total. The van der Waals surface area contributed by atoms with Gasteiger partial charge in [-0.2, -0.15) is 0 Å². The molecule has 0 saturated carbocycles. The van der Waals surface area contributed by atoms with E-state index < -0.39 is 9.84 Å². The Morgan fingerprint density at radius 3 is 2.55 bits per heavy atom. The summed E-state index contributed by atoms with van der Waals surface area (Å²) in [6.07, 6.45) is 2.30. The van der Waals surface area contributed by atoms with Crippen LogP contribution < -0.4 is 14.2 Å². The standard InChI is InChI=1S/C31H34O8S/c1-20-13-22-15-24(36-11-4-12-40(3,33)34)6-8-26(22)28-14-21(5-10-29(28)39-20)18-37-25-7-9-27-23(16-25)19-38-30(27)17-31(32)35-2/h5-10,14-16,20,30H,4,11-13,17-19H2,1-3H3/t20-,30+/m1/s1. The Bertz CT molecular complexity index is 1500. The number of benzene rings is 3. The zero-order valence-corrected chi connectivity index (χ0v) is 23.8. The molecule has 40 heavy (non-hydrogen) atoms. The van der Waals surface area contributed by atoms with Crippen LogP contribution in [-0.2, 0) is 43.7 Å². The molecular weight excluding hydrogens is 532 g/mol. The molecule has 2 heterocycles. The predicted octanol–water partition coefficient (Wildman–Crippen LogP) is 5.20. The molecule has 0 spiro atoms. The average molecular weight is 567 g/mol. The molecule has 0 saturated heterocycles. The number of sulfone groups is 1. The van der Waals surface area contributed by atoms with Gasteiger partial charge in [0.05, 0.1) is 44.7 Å². The second-order valence-electron chi connectivity index (χ2n) is 10.3. The molecule has 3 aromatic carbocycles. The van der Waals surface area contributed by atoms with E-state index in [1.807, 2.05) is 55.5 Å². The van der Waals surface area contributed by atoms with E-state index in [4.69, 9.17) is 23.7 Å². The number of rotatable bonds is 10.